The zero-order valence-corrected chi connectivity index (χ0v) is 9.73. The number of nitrogen functional groups attached to an aromatic ring is 1. The van der Waals surface area contributed by atoms with E-state index in [4.69, 9.17) is 5.73 Å². The Kier molecular flexibility index (Phi) is 2.60. The quantitative estimate of drug-likeness (QED) is 0.731. The zero-order chi connectivity index (χ0) is 11.0. The molecule has 2 heteroatoms. The fourth-order valence-corrected chi connectivity index (χ4v) is 3.34. The van der Waals surface area contributed by atoms with Crippen molar-refractivity contribution in [3.05, 3.63) is 29.8 Å². The summed E-state index contributed by atoms with van der Waals surface area (Å²) in [7, 11) is 0. The average Bonchev–Trinajstić information content (AvgIpc) is 2.74. The summed E-state index contributed by atoms with van der Waals surface area (Å²) < 4.78 is 0. The highest BCUT2D eigenvalue weighted by molar-refractivity contribution is 5.40. The fraction of sp³-hybridized carbons (Fsp3) is 0.571. The maximum absolute atomic E-state index is 5.74. The smallest absolute Gasteiger partial charge is 0.0351 e. The second-order valence-electron chi connectivity index (χ2n) is 5.15. The van der Waals surface area contributed by atoms with Gasteiger partial charge < -0.3 is 5.73 Å². The highest BCUT2D eigenvalue weighted by Crippen LogP contribution is 2.40. The number of hydrogen-bond acceptors (Lipinski definition) is 2. The molecule has 0 saturated carbocycles. The van der Waals surface area contributed by atoms with Crippen LogP contribution in [-0.2, 0) is 0 Å². The summed E-state index contributed by atoms with van der Waals surface area (Å²) >= 11 is 0. The Bertz CT molecular complexity index is 358. The first-order chi connectivity index (χ1) is 7.84. The molecule has 2 aliphatic rings. The molecule has 2 atom stereocenters. The maximum atomic E-state index is 5.74. The second kappa shape index (κ2) is 4.10. The molecule has 2 saturated heterocycles. The third kappa shape index (κ3) is 1.71. The van der Waals surface area contributed by atoms with Crippen LogP contribution >= 0.6 is 0 Å². The first-order valence-electron chi connectivity index (χ1n) is 6.46. The number of hydrogen-bond donors (Lipinski definition) is 1. The molecule has 2 aliphatic heterocycles. The summed E-state index contributed by atoms with van der Waals surface area (Å²) in [5.41, 5.74) is 8.07. The monoisotopic (exact) mass is 216 g/mol. The van der Waals surface area contributed by atoms with Gasteiger partial charge in [0.2, 0.25) is 0 Å². The summed E-state index contributed by atoms with van der Waals surface area (Å²) in [5, 5.41) is 0. The molecule has 2 fully saturated rings. The highest BCUT2D eigenvalue weighted by Gasteiger charge is 2.35. The number of fused-ring (bicyclic) bond motifs is 1. The molecule has 16 heavy (non-hydrogen) atoms. The van der Waals surface area contributed by atoms with Crippen molar-refractivity contribution < 1.29 is 0 Å². The van der Waals surface area contributed by atoms with Gasteiger partial charge in [-0.25, -0.2) is 0 Å². The van der Waals surface area contributed by atoms with Gasteiger partial charge in [0, 0.05) is 17.8 Å². The minimum absolute atomic E-state index is 0.658. The molecule has 2 nitrogen and oxygen atoms in total. The largest absolute Gasteiger partial charge is 0.399 e. The Morgan fingerprint density at radius 2 is 1.81 bits per heavy atom. The van der Waals surface area contributed by atoms with E-state index in [9.17, 15) is 0 Å². The molecule has 1 aromatic rings. The van der Waals surface area contributed by atoms with Crippen molar-refractivity contribution in [3.63, 3.8) is 0 Å². The predicted octanol–water partition coefficient (Wildman–Crippen LogP) is 2.96. The maximum Gasteiger partial charge on any atom is 0.0351 e. The van der Waals surface area contributed by atoms with E-state index >= 15 is 0 Å². The van der Waals surface area contributed by atoms with E-state index in [0.717, 1.165) is 11.7 Å². The molecule has 0 radical (unpaired) electrons. The topological polar surface area (TPSA) is 29.3 Å². The van der Waals surface area contributed by atoms with Gasteiger partial charge in [0.25, 0.3) is 0 Å². The van der Waals surface area contributed by atoms with Crippen molar-refractivity contribution in [2.45, 2.75) is 44.2 Å². The SMILES string of the molecule is Nc1ccc(C2CCC3CCCCN32)cc1. The lowest BCUT2D eigenvalue weighted by Gasteiger charge is -2.34. The molecule has 3 rings (SSSR count). The first kappa shape index (κ1) is 10.2. The van der Waals surface area contributed by atoms with Crippen LogP contribution in [0.25, 0.3) is 0 Å². The van der Waals surface area contributed by atoms with Gasteiger partial charge in [0.05, 0.1) is 0 Å². The Morgan fingerprint density at radius 3 is 2.62 bits per heavy atom. The van der Waals surface area contributed by atoms with Crippen molar-refractivity contribution in [2.75, 3.05) is 12.3 Å². The van der Waals surface area contributed by atoms with Gasteiger partial charge in [0.1, 0.15) is 0 Å². The number of nitrogens with two attached hydrogens (primary N) is 1. The van der Waals surface area contributed by atoms with E-state index in [1.54, 1.807) is 0 Å². The Morgan fingerprint density at radius 1 is 1.00 bits per heavy atom. The van der Waals surface area contributed by atoms with E-state index in [1.165, 1.54) is 44.2 Å². The third-order valence-electron chi connectivity index (χ3n) is 4.17. The van der Waals surface area contributed by atoms with Gasteiger partial charge in [-0.1, -0.05) is 18.6 Å². The average molecular weight is 216 g/mol. The molecule has 2 heterocycles. The Labute approximate surface area is 97.4 Å². The highest BCUT2D eigenvalue weighted by atomic mass is 15.2. The van der Waals surface area contributed by atoms with E-state index in [1.807, 2.05) is 12.1 Å². The standard InChI is InChI=1S/C14H20N2/c15-12-6-4-11(5-7-12)14-9-8-13-3-1-2-10-16(13)14/h4-7,13-14H,1-3,8-10,15H2. The van der Waals surface area contributed by atoms with Gasteiger partial charge in [-0.3, -0.25) is 4.90 Å². The van der Waals surface area contributed by atoms with Crippen molar-refractivity contribution in [3.8, 4) is 0 Å². The van der Waals surface area contributed by atoms with Crippen molar-refractivity contribution in [1.82, 2.24) is 4.90 Å². The molecular formula is C14H20N2. The summed E-state index contributed by atoms with van der Waals surface area (Å²) in [6.07, 6.45) is 6.92. The number of piperidine rings is 1. The van der Waals surface area contributed by atoms with Gasteiger partial charge in [-0.15, -0.1) is 0 Å². The number of benzene rings is 1. The zero-order valence-electron chi connectivity index (χ0n) is 9.73. The van der Waals surface area contributed by atoms with Crippen LogP contribution in [0.4, 0.5) is 5.69 Å². The Balaban J connectivity index is 1.82. The lowest BCUT2D eigenvalue weighted by Crippen LogP contribution is -2.35. The number of rotatable bonds is 1. The van der Waals surface area contributed by atoms with Crippen LogP contribution in [-0.4, -0.2) is 17.5 Å². The van der Waals surface area contributed by atoms with E-state index in [0.29, 0.717) is 6.04 Å². The summed E-state index contributed by atoms with van der Waals surface area (Å²) in [5.74, 6) is 0. The minimum atomic E-state index is 0.658. The number of anilines is 1. The summed E-state index contributed by atoms with van der Waals surface area (Å²) in [6, 6.07) is 10.00. The first-order valence-corrected chi connectivity index (χ1v) is 6.46. The molecule has 0 aromatic heterocycles. The summed E-state index contributed by atoms with van der Waals surface area (Å²) in [6.45, 7) is 1.29. The second-order valence-corrected chi connectivity index (χ2v) is 5.15. The van der Waals surface area contributed by atoms with Crippen molar-refractivity contribution in [1.29, 1.82) is 0 Å². The van der Waals surface area contributed by atoms with Crippen LogP contribution in [0.2, 0.25) is 0 Å². The third-order valence-corrected chi connectivity index (χ3v) is 4.17. The predicted molar refractivity (Wildman–Crippen MR) is 67.2 cm³/mol. The fourth-order valence-electron chi connectivity index (χ4n) is 3.34. The molecule has 0 spiro atoms. The molecule has 0 aliphatic carbocycles. The van der Waals surface area contributed by atoms with Gasteiger partial charge >= 0.3 is 0 Å². The lowest BCUT2D eigenvalue weighted by molar-refractivity contribution is 0.150. The molecule has 0 amide bonds. The minimum Gasteiger partial charge on any atom is -0.399 e. The van der Waals surface area contributed by atoms with Crippen LogP contribution in [0.3, 0.4) is 0 Å². The molecule has 86 valence electrons. The van der Waals surface area contributed by atoms with Crippen LogP contribution in [0.5, 0.6) is 0 Å². The normalized spacial score (nSPS) is 30.2. The van der Waals surface area contributed by atoms with Crippen LogP contribution < -0.4 is 5.73 Å². The van der Waals surface area contributed by atoms with E-state index in [2.05, 4.69) is 17.0 Å². The van der Waals surface area contributed by atoms with Gasteiger partial charge in [0.15, 0.2) is 0 Å². The molecular weight excluding hydrogens is 196 g/mol. The van der Waals surface area contributed by atoms with Crippen LogP contribution in [0, 0.1) is 0 Å². The Hall–Kier alpha value is -1.02. The van der Waals surface area contributed by atoms with Gasteiger partial charge in [-0.2, -0.15) is 0 Å². The molecule has 1 aromatic carbocycles. The van der Waals surface area contributed by atoms with Crippen molar-refractivity contribution >= 4 is 5.69 Å². The molecule has 2 N–H and O–H groups in total. The van der Waals surface area contributed by atoms with Crippen LogP contribution in [0.15, 0.2) is 24.3 Å². The molecule has 2 unspecified atom stereocenters. The van der Waals surface area contributed by atoms with Crippen LogP contribution in [0.1, 0.15) is 43.7 Å². The van der Waals surface area contributed by atoms with Crippen molar-refractivity contribution in [2.24, 2.45) is 0 Å². The lowest BCUT2D eigenvalue weighted by atomic mass is 10.0. The number of nitrogens with zero attached hydrogens (tertiary/aromatic N) is 1. The molecule has 0 bridgehead atoms. The summed E-state index contributed by atoms with van der Waals surface area (Å²) in [4.78, 5) is 2.72. The van der Waals surface area contributed by atoms with Gasteiger partial charge in [-0.05, 0) is 49.9 Å². The van der Waals surface area contributed by atoms with E-state index in [-0.39, 0.29) is 0 Å². The van der Waals surface area contributed by atoms with E-state index < -0.39 is 0 Å².